The van der Waals surface area contributed by atoms with Crippen molar-refractivity contribution in [2.24, 2.45) is 10.9 Å². The van der Waals surface area contributed by atoms with E-state index in [1.807, 2.05) is 19.2 Å². The number of aryl methyl sites for hydroxylation is 1. The monoisotopic (exact) mass is 368 g/mol. The van der Waals surface area contributed by atoms with Crippen LogP contribution >= 0.6 is 0 Å². The number of piperidine rings is 1. The summed E-state index contributed by atoms with van der Waals surface area (Å²) >= 11 is 0. The highest BCUT2D eigenvalue weighted by Gasteiger charge is 2.27. The van der Waals surface area contributed by atoms with Crippen LogP contribution in [0.2, 0.25) is 0 Å². The predicted molar refractivity (Wildman–Crippen MR) is 111 cm³/mol. The molecule has 2 aromatic rings. The van der Waals surface area contributed by atoms with Gasteiger partial charge in [0.15, 0.2) is 5.96 Å². The van der Waals surface area contributed by atoms with Crippen molar-refractivity contribution in [2.45, 2.75) is 39.2 Å². The number of rotatable bonds is 4. The Morgan fingerprint density at radius 1 is 1.19 bits per heavy atom. The Morgan fingerprint density at radius 3 is 2.78 bits per heavy atom. The Balaban J connectivity index is 1.33. The minimum absolute atomic E-state index is 0.681. The lowest BCUT2D eigenvalue weighted by atomic mass is 10.1. The Kier molecular flexibility index (Phi) is 5.67. The van der Waals surface area contributed by atoms with E-state index in [4.69, 9.17) is 4.42 Å². The molecule has 27 heavy (non-hydrogen) atoms. The molecule has 0 saturated carbocycles. The molecule has 2 saturated heterocycles. The van der Waals surface area contributed by atoms with Crippen LogP contribution < -0.4 is 5.32 Å². The fraction of sp³-hybridized carbons (Fsp3) is 0.591. The molecular weight excluding hydrogens is 336 g/mol. The van der Waals surface area contributed by atoms with Gasteiger partial charge in [-0.3, -0.25) is 4.99 Å². The number of likely N-dealkylation sites (tertiary alicyclic amines) is 2. The minimum atomic E-state index is 0.681. The Hall–Kier alpha value is -2.01. The van der Waals surface area contributed by atoms with Crippen molar-refractivity contribution in [1.82, 2.24) is 15.1 Å². The standard InChI is InChI=1S/C22H32N4O/c1-17-19-8-4-5-9-20(19)27-21(17)14-24-22(23-2)26-13-10-18(16-26)15-25-11-6-3-7-12-25/h4-5,8-9,18H,3,6-7,10-16H2,1-2H3,(H,23,24). The lowest BCUT2D eigenvalue weighted by molar-refractivity contribution is 0.198. The summed E-state index contributed by atoms with van der Waals surface area (Å²) in [7, 11) is 1.88. The summed E-state index contributed by atoms with van der Waals surface area (Å²) in [5, 5.41) is 4.72. The molecule has 2 aliphatic rings. The summed E-state index contributed by atoms with van der Waals surface area (Å²) in [5.41, 5.74) is 2.18. The number of furan rings is 1. The van der Waals surface area contributed by atoms with E-state index in [9.17, 15) is 0 Å². The third-order valence-electron chi connectivity index (χ3n) is 6.11. The van der Waals surface area contributed by atoms with Crippen LogP contribution in [0.3, 0.4) is 0 Å². The maximum absolute atomic E-state index is 6.04. The van der Waals surface area contributed by atoms with Crippen LogP contribution in [0.5, 0.6) is 0 Å². The molecule has 1 atom stereocenters. The van der Waals surface area contributed by atoms with Gasteiger partial charge in [0.1, 0.15) is 11.3 Å². The fourth-order valence-electron chi connectivity index (χ4n) is 4.57. The van der Waals surface area contributed by atoms with Crippen molar-refractivity contribution in [2.75, 3.05) is 39.8 Å². The summed E-state index contributed by atoms with van der Waals surface area (Å²) in [4.78, 5) is 9.59. The van der Waals surface area contributed by atoms with Crippen LogP contribution in [-0.2, 0) is 6.54 Å². The second-order valence-corrected chi connectivity index (χ2v) is 8.01. The molecule has 1 aromatic heterocycles. The van der Waals surface area contributed by atoms with Crippen molar-refractivity contribution < 1.29 is 4.42 Å². The van der Waals surface area contributed by atoms with Gasteiger partial charge in [0.2, 0.25) is 0 Å². The molecule has 1 aromatic carbocycles. The van der Waals surface area contributed by atoms with Gasteiger partial charge in [-0.05, 0) is 51.3 Å². The lowest BCUT2D eigenvalue weighted by Crippen LogP contribution is -2.41. The number of nitrogens with one attached hydrogen (secondary N) is 1. The quantitative estimate of drug-likeness (QED) is 0.661. The molecular formula is C22H32N4O. The van der Waals surface area contributed by atoms with E-state index in [2.05, 4.69) is 39.2 Å². The largest absolute Gasteiger partial charge is 0.459 e. The maximum Gasteiger partial charge on any atom is 0.194 e. The fourth-order valence-corrected chi connectivity index (χ4v) is 4.57. The molecule has 0 radical (unpaired) electrons. The van der Waals surface area contributed by atoms with Crippen molar-refractivity contribution in [3.63, 3.8) is 0 Å². The van der Waals surface area contributed by atoms with E-state index in [1.54, 1.807) is 0 Å². The first-order valence-corrected chi connectivity index (χ1v) is 10.4. The summed E-state index contributed by atoms with van der Waals surface area (Å²) < 4.78 is 6.04. The number of para-hydroxylation sites is 1. The minimum Gasteiger partial charge on any atom is -0.459 e. The molecule has 0 aliphatic carbocycles. The highest BCUT2D eigenvalue weighted by molar-refractivity contribution is 5.83. The number of aliphatic imine (C=N–C) groups is 1. The number of nitrogens with zero attached hydrogens (tertiary/aromatic N) is 3. The van der Waals surface area contributed by atoms with Crippen LogP contribution in [0.25, 0.3) is 11.0 Å². The van der Waals surface area contributed by atoms with Gasteiger partial charge in [0, 0.05) is 37.6 Å². The molecule has 146 valence electrons. The maximum atomic E-state index is 6.04. The Labute approximate surface area is 162 Å². The smallest absolute Gasteiger partial charge is 0.194 e. The van der Waals surface area contributed by atoms with E-state index in [0.29, 0.717) is 6.54 Å². The normalized spacial score (nSPS) is 21.9. The summed E-state index contributed by atoms with van der Waals surface area (Å²) in [6, 6.07) is 8.24. The first kappa shape index (κ1) is 18.4. The molecule has 5 nitrogen and oxygen atoms in total. The van der Waals surface area contributed by atoms with Crippen molar-refractivity contribution >= 4 is 16.9 Å². The highest BCUT2D eigenvalue weighted by atomic mass is 16.3. The predicted octanol–water partition coefficient (Wildman–Crippen LogP) is 3.62. The van der Waals surface area contributed by atoms with E-state index in [1.165, 1.54) is 56.3 Å². The molecule has 0 amide bonds. The van der Waals surface area contributed by atoms with Crippen LogP contribution in [0.15, 0.2) is 33.7 Å². The number of hydrogen-bond acceptors (Lipinski definition) is 3. The summed E-state index contributed by atoms with van der Waals surface area (Å²) in [6.07, 6.45) is 5.42. The molecule has 2 fully saturated rings. The molecule has 3 heterocycles. The van der Waals surface area contributed by atoms with Crippen LogP contribution in [0, 0.1) is 12.8 Å². The van der Waals surface area contributed by atoms with Crippen molar-refractivity contribution in [3.05, 3.63) is 35.6 Å². The van der Waals surface area contributed by atoms with Gasteiger partial charge in [-0.25, -0.2) is 0 Å². The number of fused-ring (bicyclic) bond motifs is 1. The van der Waals surface area contributed by atoms with Gasteiger partial charge in [-0.15, -0.1) is 0 Å². The van der Waals surface area contributed by atoms with E-state index < -0.39 is 0 Å². The van der Waals surface area contributed by atoms with Gasteiger partial charge >= 0.3 is 0 Å². The lowest BCUT2D eigenvalue weighted by Gasteiger charge is -2.29. The molecule has 1 N–H and O–H groups in total. The molecule has 0 spiro atoms. The van der Waals surface area contributed by atoms with Gasteiger partial charge in [-0.2, -0.15) is 0 Å². The zero-order valence-electron chi connectivity index (χ0n) is 16.7. The average molecular weight is 369 g/mol. The van der Waals surface area contributed by atoms with Gasteiger partial charge < -0.3 is 19.5 Å². The molecule has 1 unspecified atom stereocenters. The second-order valence-electron chi connectivity index (χ2n) is 8.01. The van der Waals surface area contributed by atoms with E-state index in [-0.39, 0.29) is 0 Å². The SMILES string of the molecule is CN=C(NCc1oc2ccccc2c1C)N1CCC(CN2CCCCC2)C1. The van der Waals surface area contributed by atoms with Gasteiger partial charge in [-0.1, -0.05) is 24.6 Å². The zero-order valence-corrected chi connectivity index (χ0v) is 16.7. The summed E-state index contributed by atoms with van der Waals surface area (Å²) in [5.74, 6) is 2.76. The average Bonchev–Trinajstić information content (AvgIpc) is 3.28. The van der Waals surface area contributed by atoms with Gasteiger partial charge in [0.25, 0.3) is 0 Å². The molecule has 0 bridgehead atoms. The Bertz CT molecular complexity index is 791. The Morgan fingerprint density at radius 2 is 2.00 bits per heavy atom. The second kappa shape index (κ2) is 8.34. The van der Waals surface area contributed by atoms with Crippen molar-refractivity contribution in [3.8, 4) is 0 Å². The van der Waals surface area contributed by atoms with E-state index >= 15 is 0 Å². The van der Waals surface area contributed by atoms with Crippen LogP contribution in [-0.4, -0.2) is 55.5 Å². The van der Waals surface area contributed by atoms with E-state index in [0.717, 1.165) is 36.3 Å². The van der Waals surface area contributed by atoms with Crippen molar-refractivity contribution in [1.29, 1.82) is 0 Å². The highest BCUT2D eigenvalue weighted by Crippen LogP contribution is 2.25. The number of benzene rings is 1. The molecule has 5 heteroatoms. The van der Waals surface area contributed by atoms with Crippen LogP contribution in [0.1, 0.15) is 37.0 Å². The third kappa shape index (κ3) is 4.13. The van der Waals surface area contributed by atoms with Crippen LogP contribution in [0.4, 0.5) is 0 Å². The third-order valence-corrected chi connectivity index (χ3v) is 6.11. The first-order valence-electron chi connectivity index (χ1n) is 10.4. The molecule has 4 rings (SSSR count). The molecule has 2 aliphatic heterocycles. The summed E-state index contributed by atoms with van der Waals surface area (Å²) in [6.45, 7) is 8.84. The zero-order chi connectivity index (χ0) is 18.6. The first-order chi connectivity index (χ1) is 13.2. The number of guanidine groups is 1. The number of hydrogen-bond donors (Lipinski definition) is 1. The van der Waals surface area contributed by atoms with Gasteiger partial charge in [0.05, 0.1) is 6.54 Å². The topological polar surface area (TPSA) is 44.0 Å².